The van der Waals surface area contributed by atoms with Crippen LogP contribution in [0, 0.1) is 0 Å². The molecule has 0 aliphatic carbocycles. The number of carboxylic acids is 1. The molecule has 0 heterocycles. The molecule has 0 saturated heterocycles. The van der Waals surface area contributed by atoms with E-state index in [1.54, 1.807) is 20.8 Å². The molecule has 0 spiro atoms. The van der Waals surface area contributed by atoms with Gasteiger partial charge < -0.3 is 14.9 Å². The molecule has 6 heteroatoms. The lowest BCUT2D eigenvalue weighted by atomic mass is 10.1. The first-order valence-electron chi connectivity index (χ1n) is 7.12. The first-order chi connectivity index (χ1) is 10.2. The summed E-state index contributed by atoms with van der Waals surface area (Å²) in [6.45, 7) is 4.44. The molecular formula is C16H23NO5. The number of carboxylic acid groups (broad SMARTS) is 1. The summed E-state index contributed by atoms with van der Waals surface area (Å²) in [5.41, 5.74) is 0.244. The molecule has 6 nitrogen and oxygen atoms in total. The Hall–Kier alpha value is -2.08. The van der Waals surface area contributed by atoms with E-state index in [0.29, 0.717) is 6.42 Å². The molecule has 1 unspecified atom stereocenters. The van der Waals surface area contributed by atoms with Crippen molar-refractivity contribution in [3.8, 4) is 0 Å². The van der Waals surface area contributed by atoms with Gasteiger partial charge in [-0.2, -0.15) is 0 Å². The van der Waals surface area contributed by atoms with Crippen molar-refractivity contribution in [3.05, 3.63) is 35.9 Å². The zero-order chi connectivity index (χ0) is 16.8. The van der Waals surface area contributed by atoms with Gasteiger partial charge in [-0.05, 0) is 39.2 Å². The third kappa shape index (κ3) is 6.58. The Morgan fingerprint density at radius 3 is 2.32 bits per heavy atom. The Morgan fingerprint density at radius 2 is 1.82 bits per heavy atom. The lowest BCUT2D eigenvalue weighted by Gasteiger charge is -2.29. The molecule has 0 radical (unpaired) electrons. The number of nitrogens with zero attached hydrogens (tertiary/aromatic N) is 1. The first-order valence-corrected chi connectivity index (χ1v) is 7.12. The molecule has 0 aromatic heterocycles. The molecule has 22 heavy (non-hydrogen) atoms. The maximum atomic E-state index is 12.0. The molecule has 0 fully saturated rings. The highest BCUT2D eigenvalue weighted by atomic mass is 16.6. The van der Waals surface area contributed by atoms with Gasteiger partial charge in [-0.15, -0.1) is 0 Å². The van der Waals surface area contributed by atoms with E-state index in [2.05, 4.69) is 0 Å². The van der Waals surface area contributed by atoms with Crippen molar-refractivity contribution in [3.63, 3.8) is 0 Å². The molecule has 1 aromatic carbocycles. The van der Waals surface area contributed by atoms with Crippen LogP contribution in [-0.2, 0) is 16.0 Å². The number of aryl methyl sites for hydroxylation is 1. The van der Waals surface area contributed by atoms with Crippen molar-refractivity contribution in [2.75, 3.05) is 6.54 Å². The van der Waals surface area contributed by atoms with E-state index in [9.17, 15) is 14.7 Å². The van der Waals surface area contributed by atoms with Gasteiger partial charge in [0.25, 0.3) is 0 Å². The van der Waals surface area contributed by atoms with Crippen LogP contribution < -0.4 is 0 Å². The quantitative estimate of drug-likeness (QED) is 0.787. The lowest BCUT2D eigenvalue weighted by Crippen LogP contribution is -2.46. The average Bonchev–Trinajstić information content (AvgIpc) is 2.41. The van der Waals surface area contributed by atoms with Gasteiger partial charge in [-0.25, -0.2) is 4.79 Å². The third-order valence-electron chi connectivity index (χ3n) is 2.83. The van der Waals surface area contributed by atoms with Crippen molar-refractivity contribution in [1.82, 2.24) is 4.90 Å². The number of ether oxygens (including phenoxy) is 1. The summed E-state index contributed by atoms with van der Waals surface area (Å²) in [5.74, 6) is -1.20. The number of aliphatic carboxylic acids is 1. The summed E-state index contributed by atoms with van der Waals surface area (Å²) < 4.78 is 5.14. The zero-order valence-electron chi connectivity index (χ0n) is 13.2. The maximum Gasteiger partial charge on any atom is 0.412 e. The van der Waals surface area contributed by atoms with Crippen LogP contribution in [0.4, 0.5) is 4.79 Å². The number of carbonyl (C=O) groups is 2. The largest absolute Gasteiger partial charge is 0.480 e. The molecule has 1 atom stereocenters. The summed E-state index contributed by atoms with van der Waals surface area (Å²) in [6, 6.07) is 9.45. The van der Waals surface area contributed by atoms with Crippen LogP contribution in [0.3, 0.4) is 0 Å². The highest BCUT2D eigenvalue weighted by molar-refractivity contribution is 5.77. The van der Waals surface area contributed by atoms with Gasteiger partial charge in [0, 0.05) is 0 Å². The van der Waals surface area contributed by atoms with Crippen molar-refractivity contribution < 1.29 is 24.5 Å². The maximum absolute atomic E-state index is 12.0. The predicted octanol–water partition coefficient (Wildman–Crippen LogP) is 2.26. The van der Waals surface area contributed by atoms with E-state index >= 15 is 0 Å². The van der Waals surface area contributed by atoms with Crippen LogP contribution in [0.1, 0.15) is 32.8 Å². The Morgan fingerprint density at radius 1 is 1.23 bits per heavy atom. The van der Waals surface area contributed by atoms with Gasteiger partial charge >= 0.3 is 12.1 Å². The minimum absolute atomic E-state index is 0.233. The van der Waals surface area contributed by atoms with Crippen molar-refractivity contribution in [2.24, 2.45) is 0 Å². The molecule has 0 aliphatic heterocycles. The highest BCUT2D eigenvalue weighted by Gasteiger charge is 2.28. The van der Waals surface area contributed by atoms with Crippen LogP contribution >= 0.6 is 0 Å². The molecule has 2 N–H and O–H groups in total. The van der Waals surface area contributed by atoms with E-state index < -0.39 is 30.4 Å². The van der Waals surface area contributed by atoms with Crippen LogP contribution in [0.2, 0.25) is 0 Å². The molecule has 1 aromatic rings. The average molecular weight is 309 g/mol. The topological polar surface area (TPSA) is 87.1 Å². The van der Waals surface area contributed by atoms with Crippen LogP contribution in [0.15, 0.2) is 30.3 Å². The Labute approximate surface area is 130 Å². The van der Waals surface area contributed by atoms with Crippen molar-refractivity contribution >= 4 is 12.1 Å². The Balaban J connectivity index is 2.69. The smallest absolute Gasteiger partial charge is 0.412 e. The van der Waals surface area contributed by atoms with Crippen molar-refractivity contribution in [1.29, 1.82) is 0 Å². The fourth-order valence-corrected chi connectivity index (χ4v) is 1.85. The summed E-state index contributed by atoms with van der Waals surface area (Å²) in [7, 11) is 0. The minimum Gasteiger partial charge on any atom is -0.480 e. The normalized spacial score (nSPS) is 12.5. The molecule has 122 valence electrons. The van der Waals surface area contributed by atoms with E-state index in [1.807, 2.05) is 30.3 Å². The molecular weight excluding hydrogens is 286 g/mol. The fourth-order valence-electron chi connectivity index (χ4n) is 1.85. The summed E-state index contributed by atoms with van der Waals surface area (Å²) in [6.07, 6.45) is -1.29. The van der Waals surface area contributed by atoms with Crippen molar-refractivity contribution in [2.45, 2.75) is 45.4 Å². The number of hydrogen-bond acceptors (Lipinski definition) is 4. The number of aliphatic hydroxyl groups is 1. The number of benzene rings is 1. The van der Waals surface area contributed by atoms with Gasteiger partial charge in [0.15, 0.2) is 0 Å². The van der Waals surface area contributed by atoms with E-state index in [-0.39, 0.29) is 6.42 Å². The van der Waals surface area contributed by atoms with Crippen LogP contribution in [0.5, 0.6) is 0 Å². The summed E-state index contributed by atoms with van der Waals surface area (Å²) in [4.78, 5) is 23.8. The molecule has 1 rings (SSSR count). The second kappa shape index (κ2) is 7.79. The molecule has 0 bridgehead atoms. The lowest BCUT2D eigenvalue weighted by molar-refractivity contribution is -0.141. The SMILES string of the molecule is CC(C)(C)OC(=O)N(CC(=O)O)C(O)CCc1ccccc1. The van der Waals surface area contributed by atoms with Crippen LogP contribution in [0.25, 0.3) is 0 Å². The second-order valence-electron chi connectivity index (χ2n) is 6.01. The number of carbonyl (C=O) groups excluding carboxylic acids is 1. The van der Waals surface area contributed by atoms with Gasteiger partial charge in [0.1, 0.15) is 18.4 Å². The van der Waals surface area contributed by atoms with Gasteiger partial charge in [0.2, 0.25) is 0 Å². The second-order valence-corrected chi connectivity index (χ2v) is 6.01. The third-order valence-corrected chi connectivity index (χ3v) is 2.83. The summed E-state index contributed by atoms with van der Waals surface area (Å²) in [5, 5.41) is 19.1. The van der Waals surface area contributed by atoms with E-state index in [0.717, 1.165) is 10.5 Å². The molecule has 0 saturated carbocycles. The number of aliphatic hydroxyl groups excluding tert-OH is 1. The van der Waals surface area contributed by atoms with Gasteiger partial charge in [-0.1, -0.05) is 30.3 Å². The number of rotatable bonds is 6. The fraction of sp³-hybridized carbons (Fsp3) is 0.500. The molecule has 0 aliphatic rings. The monoisotopic (exact) mass is 309 g/mol. The van der Waals surface area contributed by atoms with E-state index in [1.165, 1.54) is 0 Å². The van der Waals surface area contributed by atoms with Gasteiger partial charge in [-0.3, -0.25) is 9.69 Å². The predicted molar refractivity (Wildman–Crippen MR) is 81.3 cm³/mol. The minimum atomic E-state index is -1.22. The summed E-state index contributed by atoms with van der Waals surface area (Å²) >= 11 is 0. The van der Waals surface area contributed by atoms with Crippen LogP contribution in [-0.4, -0.2) is 45.5 Å². The number of hydrogen-bond donors (Lipinski definition) is 2. The Kier molecular flexibility index (Phi) is 6.37. The van der Waals surface area contributed by atoms with Gasteiger partial charge in [0.05, 0.1) is 0 Å². The standard InChI is InChI=1S/C16H23NO5/c1-16(2,3)22-15(21)17(11-14(19)20)13(18)10-9-12-7-5-4-6-8-12/h4-8,13,18H,9-11H2,1-3H3,(H,19,20). The van der Waals surface area contributed by atoms with E-state index in [4.69, 9.17) is 9.84 Å². The highest BCUT2D eigenvalue weighted by Crippen LogP contribution is 2.14. The zero-order valence-corrected chi connectivity index (χ0v) is 13.2. The molecule has 1 amide bonds. The Bertz CT molecular complexity index is 495. The number of amides is 1. The first kappa shape index (κ1) is 18.0.